The monoisotopic (exact) mass is 383 g/mol. The fraction of sp³-hybridized carbons (Fsp3) is 0.909. The highest BCUT2D eigenvalue weighted by Gasteiger charge is 2.21. The fourth-order valence-electron chi connectivity index (χ4n) is 3.27. The van der Waals surface area contributed by atoms with Gasteiger partial charge in [-0.2, -0.15) is 0 Å². The number of ketones is 1. The van der Waals surface area contributed by atoms with Crippen LogP contribution in [0.1, 0.15) is 79.1 Å². The largest absolute Gasteiger partial charge is 0.381 e. The van der Waals surface area contributed by atoms with Crippen LogP contribution in [0.5, 0.6) is 0 Å². The summed E-state index contributed by atoms with van der Waals surface area (Å²) in [6.07, 6.45) is 8.00. The van der Waals surface area contributed by atoms with Crippen LogP contribution in [0.4, 0.5) is 0 Å². The summed E-state index contributed by atoms with van der Waals surface area (Å²) in [4.78, 5) is 23.2. The molecule has 158 valence electrons. The topological polar surface area (TPSA) is 64.6 Å². The predicted molar refractivity (Wildman–Crippen MR) is 109 cm³/mol. The number of Topliss-reactive ketones (excluding diaryl/α,β-unsaturated/α-hetero) is 1. The molecular weight excluding hydrogens is 342 g/mol. The Balaban J connectivity index is 1.97. The third-order valence-corrected chi connectivity index (χ3v) is 5.54. The van der Waals surface area contributed by atoms with Gasteiger partial charge in [-0.25, -0.2) is 0 Å². The molecule has 0 aromatic carbocycles. The van der Waals surface area contributed by atoms with E-state index in [2.05, 4.69) is 19.2 Å². The van der Waals surface area contributed by atoms with Gasteiger partial charge >= 0.3 is 0 Å². The normalized spacial score (nSPS) is 21.2. The van der Waals surface area contributed by atoms with E-state index in [9.17, 15) is 9.59 Å². The van der Waals surface area contributed by atoms with Crippen molar-refractivity contribution in [1.82, 2.24) is 5.32 Å². The SMILES string of the molecule is CCC(C)OCC1CCC(COCCCC(=O)NCCC(=O)C(C)C)CC1. The van der Waals surface area contributed by atoms with Gasteiger partial charge in [-0.1, -0.05) is 20.8 Å². The van der Waals surface area contributed by atoms with Gasteiger partial charge in [0.05, 0.1) is 6.10 Å². The second-order valence-electron chi connectivity index (χ2n) is 8.34. The van der Waals surface area contributed by atoms with Gasteiger partial charge < -0.3 is 14.8 Å². The van der Waals surface area contributed by atoms with Crippen molar-refractivity contribution in [2.75, 3.05) is 26.4 Å². The molecule has 0 aliphatic heterocycles. The number of carbonyl (C=O) groups is 2. The van der Waals surface area contributed by atoms with Crippen LogP contribution in [0.15, 0.2) is 0 Å². The molecule has 1 N–H and O–H groups in total. The van der Waals surface area contributed by atoms with E-state index in [1.807, 2.05) is 13.8 Å². The average molecular weight is 384 g/mol. The Morgan fingerprint density at radius 1 is 1.00 bits per heavy atom. The maximum absolute atomic E-state index is 11.7. The fourth-order valence-corrected chi connectivity index (χ4v) is 3.27. The molecule has 0 spiro atoms. The van der Waals surface area contributed by atoms with E-state index in [-0.39, 0.29) is 17.6 Å². The van der Waals surface area contributed by atoms with Crippen molar-refractivity contribution in [2.24, 2.45) is 17.8 Å². The minimum Gasteiger partial charge on any atom is -0.381 e. The summed E-state index contributed by atoms with van der Waals surface area (Å²) < 4.78 is 11.6. The second-order valence-corrected chi connectivity index (χ2v) is 8.34. The molecule has 0 saturated heterocycles. The van der Waals surface area contributed by atoms with E-state index >= 15 is 0 Å². The molecule has 1 aliphatic carbocycles. The van der Waals surface area contributed by atoms with Crippen molar-refractivity contribution >= 4 is 11.7 Å². The van der Waals surface area contributed by atoms with Crippen LogP contribution in [0.25, 0.3) is 0 Å². The van der Waals surface area contributed by atoms with Gasteiger partial charge in [-0.15, -0.1) is 0 Å². The Hall–Kier alpha value is -0.940. The van der Waals surface area contributed by atoms with Crippen molar-refractivity contribution in [2.45, 2.75) is 85.2 Å². The maximum atomic E-state index is 11.7. The number of amides is 1. The number of rotatable bonds is 14. The van der Waals surface area contributed by atoms with Gasteiger partial charge in [0.15, 0.2) is 0 Å². The highest BCUT2D eigenvalue weighted by Crippen LogP contribution is 2.29. The molecule has 1 rings (SSSR count). The van der Waals surface area contributed by atoms with Crippen molar-refractivity contribution in [3.63, 3.8) is 0 Å². The van der Waals surface area contributed by atoms with Crippen molar-refractivity contribution in [3.05, 3.63) is 0 Å². The van der Waals surface area contributed by atoms with Crippen LogP contribution in [0.2, 0.25) is 0 Å². The standard InChI is InChI=1S/C22H41NO4/c1-5-18(4)27-16-20-10-8-19(9-11-20)15-26-14-6-7-22(25)23-13-12-21(24)17(2)3/h17-20H,5-16H2,1-4H3,(H,23,25). The molecule has 1 aliphatic rings. The third-order valence-electron chi connectivity index (χ3n) is 5.54. The zero-order valence-corrected chi connectivity index (χ0v) is 17.9. The van der Waals surface area contributed by atoms with Gasteiger partial charge in [0.1, 0.15) is 5.78 Å². The summed E-state index contributed by atoms with van der Waals surface area (Å²) in [5, 5.41) is 2.81. The summed E-state index contributed by atoms with van der Waals surface area (Å²) in [5.41, 5.74) is 0. The highest BCUT2D eigenvalue weighted by molar-refractivity contribution is 5.81. The van der Waals surface area contributed by atoms with E-state index in [1.54, 1.807) is 0 Å². The van der Waals surface area contributed by atoms with E-state index in [0.717, 1.165) is 26.1 Å². The molecule has 1 atom stereocenters. The number of nitrogens with one attached hydrogen (secondary N) is 1. The molecule has 0 radical (unpaired) electrons. The molecule has 1 fully saturated rings. The number of hydrogen-bond acceptors (Lipinski definition) is 4. The molecule has 0 heterocycles. The molecule has 27 heavy (non-hydrogen) atoms. The molecule has 1 amide bonds. The van der Waals surface area contributed by atoms with Gasteiger partial charge in [-0.05, 0) is 57.3 Å². The maximum Gasteiger partial charge on any atom is 0.220 e. The molecular formula is C22H41NO4. The number of ether oxygens (including phenoxy) is 2. The molecule has 0 aromatic heterocycles. The van der Waals surface area contributed by atoms with Crippen LogP contribution in [0.3, 0.4) is 0 Å². The lowest BCUT2D eigenvalue weighted by Crippen LogP contribution is -2.27. The third kappa shape index (κ3) is 11.5. The van der Waals surface area contributed by atoms with Gasteiger partial charge in [0.2, 0.25) is 5.91 Å². The lowest BCUT2D eigenvalue weighted by Gasteiger charge is -2.29. The number of hydrogen-bond donors (Lipinski definition) is 1. The lowest BCUT2D eigenvalue weighted by molar-refractivity contribution is -0.123. The highest BCUT2D eigenvalue weighted by atomic mass is 16.5. The van der Waals surface area contributed by atoms with Crippen LogP contribution in [-0.2, 0) is 19.1 Å². The Labute approximate surface area is 165 Å². The second kappa shape index (κ2) is 14.1. The molecule has 1 saturated carbocycles. The first-order valence-electron chi connectivity index (χ1n) is 10.9. The van der Waals surface area contributed by atoms with Crippen LogP contribution in [-0.4, -0.2) is 44.2 Å². The van der Waals surface area contributed by atoms with E-state index < -0.39 is 0 Å². The van der Waals surface area contributed by atoms with Gasteiger partial charge in [-0.3, -0.25) is 9.59 Å². The first-order valence-corrected chi connectivity index (χ1v) is 10.9. The van der Waals surface area contributed by atoms with Crippen molar-refractivity contribution in [1.29, 1.82) is 0 Å². The van der Waals surface area contributed by atoms with Gasteiger partial charge in [0, 0.05) is 45.1 Å². The Morgan fingerprint density at radius 2 is 1.63 bits per heavy atom. The average Bonchev–Trinajstić information content (AvgIpc) is 2.66. The summed E-state index contributed by atoms with van der Waals surface area (Å²) in [6.45, 7) is 10.9. The van der Waals surface area contributed by atoms with Crippen molar-refractivity contribution in [3.8, 4) is 0 Å². The van der Waals surface area contributed by atoms with Crippen LogP contribution < -0.4 is 5.32 Å². The zero-order chi connectivity index (χ0) is 20.1. The van der Waals surface area contributed by atoms with Crippen LogP contribution in [0, 0.1) is 17.8 Å². The molecule has 0 bridgehead atoms. The first kappa shape index (κ1) is 24.1. The predicted octanol–water partition coefficient (Wildman–Crippen LogP) is 4.14. The smallest absolute Gasteiger partial charge is 0.220 e. The number of carbonyl (C=O) groups excluding carboxylic acids is 2. The van der Waals surface area contributed by atoms with Gasteiger partial charge in [0.25, 0.3) is 0 Å². The zero-order valence-electron chi connectivity index (χ0n) is 17.9. The minimum atomic E-state index is 0.0111. The van der Waals surface area contributed by atoms with E-state index in [0.29, 0.717) is 43.9 Å². The Morgan fingerprint density at radius 3 is 2.22 bits per heavy atom. The summed E-state index contributed by atoms with van der Waals surface area (Å²) >= 11 is 0. The van der Waals surface area contributed by atoms with Crippen LogP contribution >= 0.6 is 0 Å². The first-order chi connectivity index (χ1) is 12.9. The Bertz CT molecular complexity index is 417. The Kier molecular flexibility index (Phi) is 12.6. The molecule has 1 unspecified atom stereocenters. The summed E-state index contributed by atoms with van der Waals surface area (Å²) in [5.74, 6) is 1.61. The van der Waals surface area contributed by atoms with E-state index in [4.69, 9.17) is 9.47 Å². The quantitative estimate of drug-likeness (QED) is 0.458. The minimum absolute atomic E-state index is 0.0111. The summed E-state index contributed by atoms with van der Waals surface area (Å²) in [6, 6.07) is 0. The van der Waals surface area contributed by atoms with Crippen molar-refractivity contribution < 1.29 is 19.1 Å². The lowest BCUT2D eigenvalue weighted by atomic mass is 9.83. The molecule has 5 nitrogen and oxygen atoms in total. The molecule has 0 aromatic rings. The summed E-state index contributed by atoms with van der Waals surface area (Å²) in [7, 11) is 0. The molecule has 5 heteroatoms. The van der Waals surface area contributed by atoms with E-state index in [1.165, 1.54) is 25.7 Å².